The van der Waals surface area contributed by atoms with Crippen LogP contribution in [-0.2, 0) is 6.54 Å². The summed E-state index contributed by atoms with van der Waals surface area (Å²) in [6, 6.07) is 17.8. The van der Waals surface area contributed by atoms with Gasteiger partial charge < -0.3 is 10.2 Å². The van der Waals surface area contributed by atoms with Crippen LogP contribution in [0.2, 0.25) is 0 Å². The topological polar surface area (TPSA) is 58.1 Å². The molecule has 3 aromatic rings. The van der Waals surface area contributed by atoms with Crippen molar-refractivity contribution in [1.29, 1.82) is 0 Å². The second kappa shape index (κ2) is 8.82. The van der Waals surface area contributed by atoms with Crippen molar-refractivity contribution < 1.29 is 9.18 Å². The van der Waals surface area contributed by atoms with Crippen molar-refractivity contribution in [2.24, 2.45) is 0 Å². The Morgan fingerprint density at radius 2 is 1.69 bits per heavy atom. The van der Waals surface area contributed by atoms with Crippen LogP contribution in [0, 0.1) is 5.82 Å². The zero-order chi connectivity index (χ0) is 20.1. The van der Waals surface area contributed by atoms with Gasteiger partial charge in [0, 0.05) is 36.8 Å². The van der Waals surface area contributed by atoms with Gasteiger partial charge in [-0.25, -0.2) is 14.4 Å². The minimum atomic E-state index is -0.342. The Kier molecular flexibility index (Phi) is 5.79. The van der Waals surface area contributed by atoms with Gasteiger partial charge >= 0.3 is 0 Å². The smallest absolute Gasteiger partial charge is 0.270 e. The Morgan fingerprint density at radius 1 is 0.966 bits per heavy atom. The summed E-state index contributed by atoms with van der Waals surface area (Å²) in [5.41, 5.74) is 1.58. The van der Waals surface area contributed by atoms with Gasteiger partial charge in [-0.2, -0.15) is 0 Å². The number of aromatic nitrogens is 2. The molecule has 5 nitrogen and oxygen atoms in total. The van der Waals surface area contributed by atoms with Gasteiger partial charge in [0.15, 0.2) is 5.82 Å². The van der Waals surface area contributed by atoms with E-state index >= 15 is 0 Å². The fourth-order valence-electron chi connectivity index (χ4n) is 3.46. The fraction of sp³-hybridized carbons (Fsp3) is 0.261. The van der Waals surface area contributed by atoms with Gasteiger partial charge in [-0.15, -0.1) is 0 Å². The highest BCUT2D eigenvalue weighted by Gasteiger charge is 2.18. The maximum atomic E-state index is 13.9. The minimum Gasteiger partial charge on any atom is -0.356 e. The predicted octanol–water partition coefficient (Wildman–Crippen LogP) is 4.20. The predicted molar refractivity (Wildman–Crippen MR) is 111 cm³/mol. The average molecular weight is 390 g/mol. The molecule has 29 heavy (non-hydrogen) atoms. The molecule has 0 unspecified atom stereocenters. The standard InChI is InChI=1S/C23H23FN4O/c24-19-12-6-5-11-18(19)16-25-23(29)20-15-21(28-13-7-2-8-14-28)27-22(26-20)17-9-3-1-4-10-17/h1,3-6,9-12,15H,2,7-8,13-14,16H2,(H,25,29). The van der Waals surface area contributed by atoms with Crippen LogP contribution in [0.1, 0.15) is 35.3 Å². The van der Waals surface area contributed by atoms with Crippen molar-refractivity contribution in [1.82, 2.24) is 15.3 Å². The molecule has 0 bridgehead atoms. The Morgan fingerprint density at radius 3 is 2.45 bits per heavy atom. The zero-order valence-corrected chi connectivity index (χ0v) is 16.1. The number of amides is 1. The van der Waals surface area contributed by atoms with Gasteiger partial charge in [0.05, 0.1) is 0 Å². The molecule has 6 heteroatoms. The third-order valence-corrected chi connectivity index (χ3v) is 5.05. The third-order valence-electron chi connectivity index (χ3n) is 5.05. The van der Waals surface area contributed by atoms with E-state index in [1.165, 1.54) is 12.5 Å². The lowest BCUT2D eigenvalue weighted by molar-refractivity contribution is 0.0945. The molecule has 1 N–H and O–H groups in total. The summed E-state index contributed by atoms with van der Waals surface area (Å²) >= 11 is 0. The van der Waals surface area contributed by atoms with E-state index in [1.54, 1.807) is 24.3 Å². The minimum absolute atomic E-state index is 0.106. The number of benzene rings is 2. The highest BCUT2D eigenvalue weighted by atomic mass is 19.1. The molecule has 0 aliphatic carbocycles. The normalized spacial score (nSPS) is 13.9. The molecule has 1 aromatic heterocycles. The van der Waals surface area contributed by atoms with Crippen molar-refractivity contribution in [2.75, 3.05) is 18.0 Å². The van der Waals surface area contributed by atoms with Crippen LogP contribution in [0.15, 0.2) is 60.7 Å². The largest absolute Gasteiger partial charge is 0.356 e. The molecule has 2 aromatic carbocycles. The van der Waals surface area contributed by atoms with Crippen molar-refractivity contribution in [2.45, 2.75) is 25.8 Å². The molecular formula is C23H23FN4O. The number of piperidine rings is 1. The second-order valence-electron chi connectivity index (χ2n) is 7.12. The first-order valence-electron chi connectivity index (χ1n) is 9.92. The van der Waals surface area contributed by atoms with Crippen LogP contribution < -0.4 is 10.2 Å². The molecule has 4 rings (SSSR count). The van der Waals surface area contributed by atoms with Gasteiger partial charge in [0.1, 0.15) is 17.3 Å². The van der Waals surface area contributed by atoms with Gasteiger partial charge in [-0.1, -0.05) is 48.5 Å². The number of hydrogen-bond donors (Lipinski definition) is 1. The van der Waals surface area contributed by atoms with Gasteiger partial charge in [-0.3, -0.25) is 4.79 Å². The first-order valence-corrected chi connectivity index (χ1v) is 9.92. The van der Waals surface area contributed by atoms with Gasteiger partial charge in [0.25, 0.3) is 5.91 Å². The Balaban J connectivity index is 1.62. The molecule has 1 amide bonds. The number of halogens is 1. The molecular weight excluding hydrogens is 367 g/mol. The number of nitrogens with zero attached hydrogens (tertiary/aromatic N) is 3. The third kappa shape index (κ3) is 4.59. The van der Waals surface area contributed by atoms with E-state index in [2.05, 4.69) is 15.2 Å². The SMILES string of the molecule is O=C(NCc1ccccc1F)c1cc(N2CCCCC2)nc(-c2ccccc2)n1. The number of carbonyl (C=O) groups is 1. The van der Waals surface area contributed by atoms with Crippen LogP contribution in [-0.4, -0.2) is 29.0 Å². The number of carbonyl (C=O) groups excluding carboxylic acids is 1. The Hall–Kier alpha value is -3.28. The van der Waals surface area contributed by atoms with Crippen LogP contribution >= 0.6 is 0 Å². The van der Waals surface area contributed by atoms with Crippen LogP contribution in [0.4, 0.5) is 10.2 Å². The first kappa shape index (κ1) is 19.1. The molecule has 1 fully saturated rings. The molecule has 2 heterocycles. The van der Waals surface area contributed by atoms with E-state index in [9.17, 15) is 9.18 Å². The quantitative estimate of drug-likeness (QED) is 0.709. The Bertz CT molecular complexity index is 987. The van der Waals surface area contributed by atoms with E-state index in [0.29, 0.717) is 11.4 Å². The summed E-state index contributed by atoms with van der Waals surface area (Å²) < 4.78 is 13.9. The van der Waals surface area contributed by atoms with Crippen molar-refractivity contribution in [3.63, 3.8) is 0 Å². The number of hydrogen-bond acceptors (Lipinski definition) is 4. The summed E-state index contributed by atoms with van der Waals surface area (Å²) in [7, 11) is 0. The van der Waals surface area contributed by atoms with E-state index in [4.69, 9.17) is 4.98 Å². The molecule has 0 spiro atoms. The average Bonchev–Trinajstić information content (AvgIpc) is 2.79. The lowest BCUT2D eigenvalue weighted by atomic mass is 10.1. The molecule has 1 aliphatic heterocycles. The van der Waals surface area contributed by atoms with Crippen LogP contribution in [0.5, 0.6) is 0 Å². The first-order chi connectivity index (χ1) is 14.2. The zero-order valence-electron chi connectivity index (χ0n) is 16.1. The number of rotatable bonds is 5. The summed E-state index contributed by atoms with van der Waals surface area (Å²) in [5.74, 6) is 0.597. The summed E-state index contributed by atoms with van der Waals surface area (Å²) in [5, 5.41) is 2.78. The summed E-state index contributed by atoms with van der Waals surface area (Å²) in [6.45, 7) is 1.94. The lowest BCUT2D eigenvalue weighted by Gasteiger charge is -2.28. The number of nitrogens with one attached hydrogen (secondary N) is 1. The summed E-state index contributed by atoms with van der Waals surface area (Å²) in [6.07, 6.45) is 3.43. The Labute approximate surface area is 169 Å². The van der Waals surface area contributed by atoms with E-state index in [1.807, 2.05) is 30.3 Å². The highest BCUT2D eigenvalue weighted by molar-refractivity contribution is 5.93. The van der Waals surface area contributed by atoms with Gasteiger partial charge in [0.2, 0.25) is 0 Å². The van der Waals surface area contributed by atoms with Crippen molar-refractivity contribution in [3.05, 3.63) is 77.7 Å². The summed E-state index contributed by atoms with van der Waals surface area (Å²) in [4.78, 5) is 24.2. The van der Waals surface area contributed by atoms with E-state index < -0.39 is 0 Å². The molecule has 1 saturated heterocycles. The van der Waals surface area contributed by atoms with Crippen LogP contribution in [0.25, 0.3) is 11.4 Å². The lowest BCUT2D eigenvalue weighted by Crippen LogP contribution is -2.31. The molecule has 148 valence electrons. The fourth-order valence-corrected chi connectivity index (χ4v) is 3.46. The molecule has 0 atom stereocenters. The van der Waals surface area contributed by atoms with Crippen LogP contribution in [0.3, 0.4) is 0 Å². The van der Waals surface area contributed by atoms with E-state index in [0.717, 1.165) is 37.3 Å². The van der Waals surface area contributed by atoms with Crippen molar-refractivity contribution >= 4 is 11.7 Å². The van der Waals surface area contributed by atoms with E-state index in [-0.39, 0.29) is 24.0 Å². The molecule has 0 radical (unpaired) electrons. The van der Waals surface area contributed by atoms with Crippen molar-refractivity contribution in [3.8, 4) is 11.4 Å². The molecule has 1 aliphatic rings. The monoisotopic (exact) mass is 390 g/mol. The maximum absolute atomic E-state index is 13.9. The highest BCUT2D eigenvalue weighted by Crippen LogP contribution is 2.23. The second-order valence-corrected chi connectivity index (χ2v) is 7.12. The number of anilines is 1. The molecule has 0 saturated carbocycles. The van der Waals surface area contributed by atoms with Gasteiger partial charge in [-0.05, 0) is 25.3 Å². The maximum Gasteiger partial charge on any atom is 0.270 e.